The Morgan fingerprint density at radius 3 is 2.70 bits per heavy atom. The first-order valence-corrected chi connectivity index (χ1v) is 14.6. The van der Waals surface area contributed by atoms with Gasteiger partial charge in [-0.3, -0.25) is 9.69 Å². The minimum Gasteiger partial charge on any atom is -0.486 e. The molecule has 0 radical (unpaired) electrons. The topological polar surface area (TPSA) is 137 Å². The maximum atomic E-state index is 14.9. The molecule has 4 heterocycles. The van der Waals surface area contributed by atoms with E-state index >= 15 is 0 Å². The van der Waals surface area contributed by atoms with Crippen LogP contribution in [0.3, 0.4) is 0 Å². The molecule has 0 spiro atoms. The van der Waals surface area contributed by atoms with Crippen molar-refractivity contribution in [3.63, 3.8) is 0 Å². The number of hydrogen-bond donors (Lipinski definition) is 2. The van der Waals surface area contributed by atoms with Crippen molar-refractivity contribution < 1.29 is 23.8 Å². The van der Waals surface area contributed by atoms with Gasteiger partial charge in [0.1, 0.15) is 30.4 Å². The van der Waals surface area contributed by atoms with E-state index in [0.29, 0.717) is 29.4 Å². The third kappa shape index (κ3) is 6.29. The van der Waals surface area contributed by atoms with Crippen LogP contribution >= 0.6 is 0 Å². The number of alkyl halides is 1. The quantitative estimate of drug-likeness (QED) is 0.404. The molecule has 4 atom stereocenters. The van der Waals surface area contributed by atoms with E-state index in [4.69, 9.17) is 9.47 Å². The highest BCUT2D eigenvalue weighted by Gasteiger charge is 2.36. The molecule has 3 aliphatic rings. The van der Waals surface area contributed by atoms with Crippen LogP contribution < -0.4 is 10.1 Å². The summed E-state index contributed by atoms with van der Waals surface area (Å²) >= 11 is 0. The van der Waals surface area contributed by atoms with Gasteiger partial charge in [-0.25, -0.2) is 14.4 Å². The number of aliphatic hydroxyl groups is 1. The van der Waals surface area contributed by atoms with Crippen molar-refractivity contribution in [2.75, 3.05) is 38.2 Å². The number of hydrogen-bond acceptors (Lipinski definition) is 10. The molecule has 12 heteroatoms. The average Bonchev–Trinajstić information content (AvgIpc) is 3.46. The Morgan fingerprint density at radius 2 is 2.00 bits per heavy atom. The highest BCUT2D eigenvalue weighted by Crippen LogP contribution is 2.36. The molecule has 2 N–H and O–H groups in total. The third-order valence-electron chi connectivity index (χ3n) is 8.29. The van der Waals surface area contributed by atoms with Gasteiger partial charge in [-0.2, -0.15) is 10.2 Å². The highest BCUT2D eigenvalue weighted by molar-refractivity contribution is 5.80. The van der Waals surface area contributed by atoms with Crippen molar-refractivity contribution in [2.24, 2.45) is 0 Å². The summed E-state index contributed by atoms with van der Waals surface area (Å²) in [5, 5.41) is 22.5. The van der Waals surface area contributed by atoms with E-state index in [1.807, 2.05) is 12.1 Å². The summed E-state index contributed by atoms with van der Waals surface area (Å²) in [5.41, 5.74) is 2.93. The number of amides is 1. The smallest absolute Gasteiger partial charge is 0.251 e. The number of nitriles is 1. The first-order chi connectivity index (χ1) is 20.9. The number of carbonyl (C=O) groups excluding carboxylic acids is 1. The zero-order chi connectivity index (χ0) is 29.9. The normalized spacial score (nSPS) is 23.3. The van der Waals surface area contributed by atoms with Crippen molar-refractivity contribution in [2.45, 2.75) is 56.6 Å². The van der Waals surface area contributed by atoms with Gasteiger partial charge >= 0.3 is 0 Å². The number of likely N-dealkylation sites (tertiary alicyclic amines) is 2. The lowest BCUT2D eigenvalue weighted by molar-refractivity contribution is -0.143. The second-order valence-electron chi connectivity index (χ2n) is 11.2. The zero-order valence-corrected chi connectivity index (χ0v) is 23.9. The average molecular weight is 588 g/mol. The predicted octanol–water partition coefficient (Wildman–Crippen LogP) is 3.39. The van der Waals surface area contributed by atoms with Gasteiger partial charge < -0.3 is 24.8 Å². The molecule has 43 heavy (non-hydrogen) atoms. The van der Waals surface area contributed by atoms with Crippen LogP contribution in [-0.2, 0) is 9.53 Å². The highest BCUT2D eigenvalue weighted by atomic mass is 19.1. The Kier molecular flexibility index (Phi) is 8.47. The van der Waals surface area contributed by atoms with E-state index in [0.717, 1.165) is 31.9 Å². The molecule has 0 unspecified atom stereocenters. The van der Waals surface area contributed by atoms with Gasteiger partial charge in [-0.1, -0.05) is 12.1 Å². The summed E-state index contributed by atoms with van der Waals surface area (Å²) in [6, 6.07) is 16.3. The fraction of sp³-hybridized carbons (Fsp3) is 0.452. The second-order valence-corrected chi connectivity index (χ2v) is 11.2. The molecular weight excluding hydrogens is 553 g/mol. The molecule has 0 bridgehead atoms. The maximum absolute atomic E-state index is 14.9. The molecule has 0 saturated carbocycles. The van der Waals surface area contributed by atoms with Crippen molar-refractivity contribution in [3.8, 4) is 23.2 Å². The SMILES string of the molecule is C[C@H](O)C(=O)N1CC[C@H](Oc2ccc(-c3ncnc(Nc4ccc([C@H]5CCCN5C5COC5)cc4)n3)cc2C#N)[C@H](F)C1. The number of aliphatic hydroxyl groups excluding tert-OH is 1. The van der Waals surface area contributed by atoms with Crippen LogP contribution in [0.15, 0.2) is 48.8 Å². The van der Waals surface area contributed by atoms with Gasteiger partial charge in [0.2, 0.25) is 5.95 Å². The van der Waals surface area contributed by atoms with E-state index in [2.05, 4.69) is 43.4 Å². The molecule has 2 aromatic carbocycles. The molecule has 0 aliphatic carbocycles. The monoisotopic (exact) mass is 587 g/mol. The van der Waals surface area contributed by atoms with Crippen molar-refractivity contribution in [1.82, 2.24) is 24.8 Å². The molecule has 3 saturated heterocycles. The lowest BCUT2D eigenvalue weighted by Gasteiger charge is -2.38. The minimum atomic E-state index is -1.46. The predicted molar refractivity (Wildman–Crippen MR) is 155 cm³/mol. The fourth-order valence-corrected chi connectivity index (χ4v) is 5.91. The van der Waals surface area contributed by atoms with E-state index in [9.17, 15) is 19.6 Å². The summed E-state index contributed by atoms with van der Waals surface area (Å²) in [7, 11) is 0. The van der Waals surface area contributed by atoms with Crippen LogP contribution in [0.25, 0.3) is 11.4 Å². The van der Waals surface area contributed by atoms with E-state index in [1.165, 1.54) is 30.1 Å². The number of halogens is 1. The maximum Gasteiger partial charge on any atom is 0.251 e. The molecule has 6 rings (SSSR count). The Labute approximate surface area is 249 Å². The van der Waals surface area contributed by atoms with Crippen LogP contribution in [0.1, 0.15) is 43.4 Å². The first kappa shape index (κ1) is 28.9. The number of benzene rings is 2. The lowest BCUT2D eigenvalue weighted by atomic mass is 10.0. The van der Waals surface area contributed by atoms with Gasteiger partial charge in [0.15, 0.2) is 12.0 Å². The Bertz CT molecular complexity index is 1490. The van der Waals surface area contributed by atoms with Crippen LogP contribution in [0.5, 0.6) is 5.75 Å². The molecular formula is C31H34FN7O4. The van der Waals surface area contributed by atoms with Crippen molar-refractivity contribution in [1.29, 1.82) is 5.26 Å². The molecule has 1 aromatic heterocycles. The largest absolute Gasteiger partial charge is 0.486 e. The van der Waals surface area contributed by atoms with Crippen LogP contribution in [0.2, 0.25) is 0 Å². The Balaban J connectivity index is 1.11. The second kappa shape index (κ2) is 12.6. The molecule has 3 fully saturated rings. The van der Waals surface area contributed by atoms with E-state index in [-0.39, 0.29) is 30.8 Å². The van der Waals surface area contributed by atoms with Gasteiger partial charge in [0.25, 0.3) is 5.91 Å². The Morgan fingerprint density at radius 1 is 1.19 bits per heavy atom. The standard InChI is InChI=1S/C31H34FN7O4/c1-19(40)30(41)38-12-10-28(25(32)15-38)43-27-9-6-21(13-22(27)14-33)29-34-18-35-31(37-29)36-23-7-4-20(5-8-23)26-3-2-11-39(26)24-16-42-17-24/h4-9,13,18-19,24-26,28,40H,2-3,10-12,15-17H2,1H3,(H,34,35,36,37)/t19-,25+,26+,28-/m0/s1. The van der Waals surface area contributed by atoms with Gasteiger partial charge in [0, 0.05) is 30.3 Å². The lowest BCUT2D eigenvalue weighted by Crippen LogP contribution is -2.51. The number of nitrogens with one attached hydrogen (secondary N) is 1. The van der Waals surface area contributed by atoms with Crippen molar-refractivity contribution >= 4 is 17.5 Å². The molecule has 3 aromatic rings. The van der Waals surface area contributed by atoms with Gasteiger partial charge in [-0.05, 0) is 62.2 Å². The molecule has 1 amide bonds. The third-order valence-corrected chi connectivity index (χ3v) is 8.29. The molecule has 3 aliphatic heterocycles. The summed E-state index contributed by atoms with van der Waals surface area (Å²) in [5.74, 6) is 0.466. The van der Waals surface area contributed by atoms with Gasteiger partial charge in [0.05, 0.1) is 31.4 Å². The number of anilines is 2. The summed E-state index contributed by atoms with van der Waals surface area (Å²) < 4.78 is 26.1. The van der Waals surface area contributed by atoms with Crippen LogP contribution in [0.4, 0.5) is 16.0 Å². The summed E-state index contributed by atoms with van der Waals surface area (Å²) in [6.07, 6.45) is 0.523. The minimum absolute atomic E-state index is 0.174. The first-order valence-electron chi connectivity index (χ1n) is 14.6. The summed E-state index contributed by atoms with van der Waals surface area (Å²) in [4.78, 5) is 28.9. The number of ether oxygens (including phenoxy) is 2. The summed E-state index contributed by atoms with van der Waals surface area (Å²) in [6.45, 7) is 4.18. The number of aromatic nitrogens is 3. The van der Waals surface area contributed by atoms with Crippen LogP contribution in [0, 0.1) is 11.3 Å². The number of piperidine rings is 1. The number of rotatable bonds is 8. The van der Waals surface area contributed by atoms with E-state index < -0.39 is 24.3 Å². The van der Waals surface area contributed by atoms with Gasteiger partial charge in [-0.15, -0.1) is 0 Å². The van der Waals surface area contributed by atoms with Crippen LogP contribution in [-0.4, -0.2) is 93.0 Å². The van der Waals surface area contributed by atoms with Crippen molar-refractivity contribution in [3.05, 3.63) is 59.9 Å². The zero-order valence-electron chi connectivity index (χ0n) is 23.9. The molecule has 11 nitrogen and oxygen atoms in total. The van der Waals surface area contributed by atoms with E-state index in [1.54, 1.807) is 18.2 Å². The Hall–Kier alpha value is -4.18. The fourth-order valence-electron chi connectivity index (χ4n) is 5.91. The number of nitrogens with zero attached hydrogens (tertiary/aromatic N) is 6. The molecule has 224 valence electrons. The number of carbonyl (C=O) groups is 1.